The van der Waals surface area contributed by atoms with Crippen LogP contribution in [-0.4, -0.2) is 18.6 Å². The first-order valence-corrected chi connectivity index (χ1v) is 6.71. The minimum Gasteiger partial charge on any atom is -0.389 e. The quantitative estimate of drug-likeness (QED) is 0.865. The summed E-state index contributed by atoms with van der Waals surface area (Å²) < 4.78 is 0.994. The maximum Gasteiger partial charge on any atom is 0.106 e. The summed E-state index contributed by atoms with van der Waals surface area (Å²) in [6.07, 6.45) is 0. The van der Waals surface area contributed by atoms with Gasteiger partial charge in [-0.25, -0.2) is 0 Å². The van der Waals surface area contributed by atoms with E-state index in [0.29, 0.717) is 4.99 Å². The van der Waals surface area contributed by atoms with Gasteiger partial charge in [-0.15, -0.1) is 0 Å². The van der Waals surface area contributed by atoms with E-state index in [0.717, 1.165) is 22.3 Å². The molecule has 0 fully saturated rings. The maximum absolute atomic E-state index is 5.77. The van der Waals surface area contributed by atoms with E-state index in [9.17, 15) is 0 Å². The number of halogens is 1. The summed E-state index contributed by atoms with van der Waals surface area (Å²) >= 11 is 8.54. The molecule has 1 aromatic carbocycles. The molecule has 2 nitrogen and oxygen atoms in total. The predicted octanol–water partition coefficient (Wildman–Crippen LogP) is 3.57. The lowest BCUT2D eigenvalue weighted by molar-refractivity contribution is 0.419. The lowest BCUT2D eigenvalue weighted by Gasteiger charge is -2.29. The molecule has 0 spiro atoms. The molecule has 17 heavy (non-hydrogen) atoms. The standard InChI is InChI=1S/C13H19BrN2S/c1-13(2,3)8-16(4)11-6-5-9(14)7-10(11)12(15)17/h5-7H,8H2,1-4H3,(H2,15,17). The molecule has 0 bridgehead atoms. The largest absolute Gasteiger partial charge is 0.389 e. The highest BCUT2D eigenvalue weighted by molar-refractivity contribution is 9.10. The van der Waals surface area contributed by atoms with E-state index < -0.39 is 0 Å². The van der Waals surface area contributed by atoms with Crippen molar-refractivity contribution in [3.05, 3.63) is 28.2 Å². The summed E-state index contributed by atoms with van der Waals surface area (Å²) in [6, 6.07) is 6.03. The molecular formula is C13H19BrN2S. The van der Waals surface area contributed by atoms with Gasteiger partial charge < -0.3 is 10.6 Å². The normalized spacial score (nSPS) is 11.4. The van der Waals surface area contributed by atoms with E-state index in [1.54, 1.807) is 0 Å². The van der Waals surface area contributed by atoms with E-state index in [2.05, 4.69) is 48.6 Å². The fourth-order valence-corrected chi connectivity index (χ4v) is 2.36. The Morgan fingerprint density at radius 3 is 2.47 bits per heavy atom. The van der Waals surface area contributed by atoms with Crippen molar-refractivity contribution in [1.82, 2.24) is 0 Å². The van der Waals surface area contributed by atoms with Crippen molar-refractivity contribution in [3.63, 3.8) is 0 Å². The summed E-state index contributed by atoms with van der Waals surface area (Å²) in [5.74, 6) is 0. The third kappa shape index (κ3) is 4.28. The summed E-state index contributed by atoms with van der Waals surface area (Å²) in [4.78, 5) is 2.63. The van der Waals surface area contributed by atoms with Crippen LogP contribution in [0.3, 0.4) is 0 Å². The van der Waals surface area contributed by atoms with Gasteiger partial charge in [-0.1, -0.05) is 48.9 Å². The fourth-order valence-electron chi connectivity index (χ4n) is 1.84. The second-order valence-electron chi connectivity index (χ2n) is 5.44. The Morgan fingerprint density at radius 1 is 1.41 bits per heavy atom. The number of rotatable bonds is 3. The van der Waals surface area contributed by atoms with Gasteiger partial charge in [-0.3, -0.25) is 0 Å². The minimum absolute atomic E-state index is 0.231. The topological polar surface area (TPSA) is 29.3 Å². The second-order valence-corrected chi connectivity index (χ2v) is 6.80. The monoisotopic (exact) mass is 314 g/mol. The SMILES string of the molecule is CN(CC(C)(C)C)c1ccc(Br)cc1C(N)=S. The Labute approximate surface area is 117 Å². The zero-order chi connectivity index (χ0) is 13.2. The summed E-state index contributed by atoms with van der Waals surface area (Å²) in [7, 11) is 2.07. The lowest BCUT2D eigenvalue weighted by atomic mass is 9.95. The van der Waals surface area contributed by atoms with Crippen molar-refractivity contribution < 1.29 is 0 Å². The Balaban J connectivity index is 3.09. The van der Waals surface area contributed by atoms with Crippen LogP contribution in [0.15, 0.2) is 22.7 Å². The number of hydrogen-bond donors (Lipinski definition) is 1. The second kappa shape index (κ2) is 5.36. The minimum atomic E-state index is 0.231. The number of benzene rings is 1. The van der Waals surface area contributed by atoms with Crippen LogP contribution in [-0.2, 0) is 0 Å². The van der Waals surface area contributed by atoms with Crippen LogP contribution in [0.2, 0.25) is 0 Å². The molecule has 0 saturated heterocycles. The number of hydrogen-bond acceptors (Lipinski definition) is 2. The molecular weight excluding hydrogens is 296 g/mol. The van der Waals surface area contributed by atoms with Gasteiger partial charge in [-0.2, -0.15) is 0 Å². The van der Waals surface area contributed by atoms with Gasteiger partial charge in [-0.05, 0) is 23.6 Å². The van der Waals surface area contributed by atoms with E-state index in [4.69, 9.17) is 18.0 Å². The summed E-state index contributed by atoms with van der Waals surface area (Å²) in [6.45, 7) is 7.58. The maximum atomic E-state index is 5.77. The van der Waals surface area contributed by atoms with Gasteiger partial charge >= 0.3 is 0 Å². The van der Waals surface area contributed by atoms with Crippen LogP contribution < -0.4 is 10.6 Å². The summed E-state index contributed by atoms with van der Waals surface area (Å²) in [5.41, 5.74) is 8.00. The van der Waals surface area contributed by atoms with Crippen LogP contribution in [0.25, 0.3) is 0 Å². The smallest absolute Gasteiger partial charge is 0.106 e. The van der Waals surface area contributed by atoms with Crippen molar-refractivity contribution in [2.45, 2.75) is 20.8 Å². The first-order chi connectivity index (χ1) is 7.70. The van der Waals surface area contributed by atoms with Gasteiger partial charge in [0.15, 0.2) is 0 Å². The average Bonchev–Trinajstić information content (AvgIpc) is 2.14. The molecule has 94 valence electrons. The Hall–Kier alpha value is -0.610. The van der Waals surface area contributed by atoms with Crippen LogP contribution in [0.4, 0.5) is 5.69 Å². The van der Waals surface area contributed by atoms with Crippen molar-refractivity contribution >= 4 is 38.8 Å². The fraction of sp³-hybridized carbons (Fsp3) is 0.462. The molecule has 0 aliphatic heterocycles. The molecule has 0 saturated carbocycles. The molecule has 0 radical (unpaired) electrons. The first-order valence-electron chi connectivity index (χ1n) is 5.51. The van der Waals surface area contributed by atoms with Gasteiger partial charge in [0.1, 0.15) is 4.99 Å². The average molecular weight is 315 g/mol. The first kappa shape index (κ1) is 14.5. The van der Waals surface area contributed by atoms with E-state index in [-0.39, 0.29) is 5.41 Å². The number of nitrogens with zero attached hydrogens (tertiary/aromatic N) is 1. The van der Waals surface area contributed by atoms with Crippen molar-refractivity contribution in [2.24, 2.45) is 11.1 Å². The van der Waals surface area contributed by atoms with Gasteiger partial charge in [0.05, 0.1) is 0 Å². The summed E-state index contributed by atoms with van der Waals surface area (Å²) in [5, 5.41) is 0. The Morgan fingerprint density at radius 2 is 2.00 bits per heavy atom. The molecule has 0 aromatic heterocycles. The van der Waals surface area contributed by atoms with Crippen LogP contribution in [0, 0.1) is 5.41 Å². The zero-order valence-corrected chi connectivity index (χ0v) is 13.2. The number of thiocarbonyl (C=S) groups is 1. The molecule has 1 aromatic rings. The van der Waals surface area contributed by atoms with Crippen molar-refractivity contribution in [3.8, 4) is 0 Å². The molecule has 0 unspecified atom stereocenters. The van der Waals surface area contributed by atoms with E-state index >= 15 is 0 Å². The molecule has 0 amide bonds. The van der Waals surface area contributed by atoms with Crippen LogP contribution in [0.5, 0.6) is 0 Å². The molecule has 2 N–H and O–H groups in total. The number of nitrogens with two attached hydrogens (primary N) is 1. The van der Waals surface area contributed by atoms with E-state index in [1.807, 2.05) is 18.2 Å². The molecule has 0 aliphatic rings. The van der Waals surface area contributed by atoms with Gasteiger partial charge in [0.2, 0.25) is 0 Å². The van der Waals surface area contributed by atoms with Crippen LogP contribution in [0.1, 0.15) is 26.3 Å². The van der Waals surface area contributed by atoms with Gasteiger partial charge in [0.25, 0.3) is 0 Å². The lowest BCUT2D eigenvalue weighted by Crippen LogP contribution is -2.30. The number of anilines is 1. The highest BCUT2D eigenvalue weighted by Gasteiger charge is 2.17. The van der Waals surface area contributed by atoms with E-state index in [1.165, 1.54) is 0 Å². The highest BCUT2D eigenvalue weighted by atomic mass is 79.9. The molecule has 4 heteroatoms. The third-order valence-electron chi connectivity index (χ3n) is 2.35. The third-order valence-corrected chi connectivity index (χ3v) is 3.06. The van der Waals surface area contributed by atoms with Crippen molar-refractivity contribution in [2.75, 3.05) is 18.5 Å². The zero-order valence-electron chi connectivity index (χ0n) is 10.7. The molecule has 0 heterocycles. The molecule has 1 rings (SSSR count). The van der Waals surface area contributed by atoms with Crippen LogP contribution >= 0.6 is 28.1 Å². The Kier molecular flexibility index (Phi) is 4.55. The molecule has 0 aliphatic carbocycles. The Bertz CT molecular complexity index is 424. The predicted molar refractivity (Wildman–Crippen MR) is 82.8 cm³/mol. The van der Waals surface area contributed by atoms with Crippen molar-refractivity contribution in [1.29, 1.82) is 0 Å². The highest BCUT2D eigenvalue weighted by Crippen LogP contribution is 2.26. The molecule has 0 atom stereocenters. The van der Waals surface area contributed by atoms with Gasteiger partial charge in [0, 0.05) is 29.3 Å².